The van der Waals surface area contributed by atoms with Crippen LogP contribution in [0.2, 0.25) is 0 Å². The van der Waals surface area contributed by atoms with Gasteiger partial charge in [0.2, 0.25) is 0 Å². The third kappa shape index (κ3) is 6.49. The highest BCUT2D eigenvalue weighted by molar-refractivity contribution is 14.0. The first-order valence-corrected chi connectivity index (χ1v) is 10.3. The van der Waals surface area contributed by atoms with Gasteiger partial charge in [0.15, 0.2) is 5.96 Å². The zero-order chi connectivity index (χ0) is 19.0. The summed E-state index contributed by atoms with van der Waals surface area (Å²) in [4.78, 5) is 7.37. The van der Waals surface area contributed by atoms with E-state index in [9.17, 15) is 5.11 Å². The summed E-state index contributed by atoms with van der Waals surface area (Å²) >= 11 is 0. The molecule has 0 bridgehead atoms. The number of aliphatic imine (C=N–C) groups is 1. The van der Waals surface area contributed by atoms with Crippen molar-refractivity contribution in [1.29, 1.82) is 0 Å². The van der Waals surface area contributed by atoms with Gasteiger partial charge in [0.05, 0.1) is 19.8 Å². The number of hydrogen-bond donors (Lipinski definition) is 3. The molecule has 1 aromatic carbocycles. The normalized spacial score (nSPS) is 20.2. The van der Waals surface area contributed by atoms with E-state index in [1.54, 1.807) is 12.1 Å². The Hall–Kier alpha value is -1.06. The molecule has 1 aliphatic carbocycles. The number of ether oxygens (including phenoxy) is 1. The van der Waals surface area contributed by atoms with Crippen LogP contribution < -0.4 is 10.6 Å². The van der Waals surface area contributed by atoms with Crippen LogP contribution in [0.4, 0.5) is 0 Å². The van der Waals surface area contributed by atoms with Crippen molar-refractivity contribution in [2.75, 3.05) is 39.4 Å². The van der Waals surface area contributed by atoms with E-state index in [0.717, 1.165) is 50.9 Å². The predicted molar refractivity (Wildman–Crippen MR) is 125 cm³/mol. The van der Waals surface area contributed by atoms with E-state index >= 15 is 0 Å². The molecule has 1 aliphatic heterocycles. The molecule has 2 aliphatic rings. The molecule has 0 amide bonds. The minimum Gasteiger partial charge on any atom is -0.508 e. The molecule has 1 aromatic rings. The number of hydrogen-bond acceptors (Lipinski definition) is 4. The van der Waals surface area contributed by atoms with E-state index in [1.807, 2.05) is 12.1 Å². The van der Waals surface area contributed by atoms with Gasteiger partial charge in [-0.05, 0) is 37.5 Å². The number of aromatic hydroxyl groups is 1. The summed E-state index contributed by atoms with van der Waals surface area (Å²) in [6, 6.07) is 7.30. The van der Waals surface area contributed by atoms with Crippen molar-refractivity contribution < 1.29 is 9.84 Å². The zero-order valence-electron chi connectivity index (χ0n) is 17.0. The van der Waals surface area contributed by atoms with E-state index in [4.69, 9.17) is 9.73 Å². The van der Waals surface area contributed by atoms with Gasteiger partial charge in [0.1, 0.15) is 5.75 Å². The third-order valence-corrected chi connectivity index (χ3v) is 5.73. The maximum atomic E-state index is 9.64. The number of nitrogens with zero attached hydrogens (tertiary/aromatic N) is 2. The van der Waals surface area contributed by atoms with Gasteiger partial charge in [-0.25, -0.2) is 4.99 Å². The number of halogens is 1. The molecule has 0 radical (unpaired) electrons. The second-order valence-electron chi connectivity index (χ2n) is 7.60. The van der Waals surface area contributed by atoms with Gasteiger partial charge in [0, 0.05) is 31.7 Å². The topological polar surface area (TPSA) is 69.1 Å². The lowest BCUT2D eigenvalue weighted by Crippen LogP contribution is -2.60. The number of benzene rings is 1. The first-order chi connectivity index (χ1) is 13.2. The molecule has 2 fully saturated rings. The number of rotatable bonds is 6. The van der Waals surface area contributed by atoms with E-state index in [1.165, 1.54) is 32.1 Å². The van der Waals surface area contributed by atoms with Crippen molar-refractivity contribution >= 4 is 29.9 Å². The standard InChI is InChI=1S/C21H34N4O2.HI/c1-2-22-20(23-16-18-7-6-8-19(26)15-18)24-17-21(9-4-3-5-10-21)25-11-13-27-14-12-25;/h6-8,15,26H,2-5,9-14,16-17H2,1H3,(H2,22,23,24);1H. The van der Waals surface area contributed by atoms with Gasteiger partial charge < -0.3 is 20.5 Å². The minimum absolute atomic E-state index is 0. The fraction of sp³-hybridized carbons (Fsp3) is 0.667. The summed E-state index contributed by atoms with van der Waals surface area (Å²) in [5.41, 5.74) is 1.22. The Labute approximate surface area is 186 Å². The van der Waals surface area contributed by atoms with Crippen LogP contribution >= 0.6 is 24.0 Å². The monoisotopic (exact) mass is 502 g/mol. The Bertz CT molecular complexity index is 614. The largest absolute Gasteiger partial charge is 0.508 e. The fourth-order valence-corrected chi connectivity index (χ4v) is 4.27. The van der Waals surface area contributed by atoms with Crippen LogP contribution in [0.15, 0.2) is 29.3 Å². The molecule has 7 heteroatoms. The Morgan fingerprint density at radius 1 is 1.18 bits per heavy atom. The molecule has 0 atom stereocenters. The van der Waals surface area contributed by atoms with Gasteiger partial charge in [-0.2, -0.15) is 0 Å². The summed E-state index contributed by atoms with van der Waals surface area (Å²) in [7, 11) is 0. The van der Waals surface area contributed by atoms with Crippen LogP contribution in [0.3, 0.4) is 0 Å². The lowest BCUT2D eigenvalue weighted by molar-refractivity contribution is -0.0352. The smallest absolute Gasteiger partial charge is 0.191 e. The highest BCUT2D eigenvalue weighted by Gasteiger charge is 2.38. The lowest BCUT2D eigenvalue weighted by Gasteiger charge is -2.48. The molecular formula is C21H35IN4O2. The highest BCUT2D eigenvalue weighted by atomic mass is 127. The Kier molecular flexibility index (Phi) is 9.81. The number of phenols is 1. The molecule has 1 saturated carbocycles. The molecule has 28 heavy (non-hydrogen) atoms. The van der Waals surface area contributed by atoms with E-state index < -0.39 is 0 Å². The van der Waals surface area contributed by atoms with Crippen LogP contribution in [0.5, 0.6) is 5.75 Å². The van der Waals surface area contributed by atoms with Gasteiger partial charge in [-0.1, -0.05) is 31.4 Å². The summed E-state index contributed by atoms with van der Waals surface area (Å²) in [5, 5.41) is 16.6. The van der Waals surface area contributed by atoms with Gasteiger partial charge >= 0.3 is 0 Å². The molecule has 0 aromatic heterocycles. The molecule has 1 heterocycles. The predicted octanol–water partition coefficient (Wildman–Crippen LogP) is 3.10. The Morgan fingerprint density at radius 3 is 2.61 bits per heavy atom. The molecule has 0 unspecified atom stereocenters. The second-order valence-corrected chi connectivity index (χ2v) is 7.60. The first kappa shape index (κ1) is 23.2. The van der Waals surface area contributed by atoms with Gasteiger partial charge in [-0.3, -0.25) is 4.90 Å². The summed E-state index contributed by atoms with van der Waals surface area (Å²) in [6.07, 6.45) is 6.43. The lowest BCUT2D eigenvalue weighted by atomic mass is 9.80. The fourth-order valence-electron chi connectivity index (χ4n) is 4.27. The highest BCUT2D eigenvalue weighted by Crippen LogP contribution is 2.33. The van der Waals surface area contributed by atoms with Gasteiger partial charge in [0.25, 0.3) is 0 Å². The van der Waals surface area contributed by atoms with Crippen molar-refractivity contribution in [3.8, 4) is 5.75 Å². The first-order valence-electron chi connectivity index (χ1n) is 10.3. The van der Waals surface area contributed by atoms with E-state index in [2.05, 4.69) is 22.5 Å². The quantitative estimate of drug-likeness (QED) is 0.317. The molecule has 1 saturated heterocycles. The average molecular weight is 502 g/mol. The molecule has 158 valence electrons. The molecule has 3 N–H and O–H groups in total. The maximum absolute atomic E-state index is 9.64. The van der Waals surface area contributed by atoms with Crippen molar-refractivity contribution in [1.82, 2.24) is 15.5 Å². The molecule has 6 nitrogen and oxygen atoms in total. The Morgan fingerprint density at radius 2 is 1.93 bits per heavy atom. The molecule has 3 rings (SSSR count). The number of guanidine groups is 1. The number of morpholine rings is 1. The van der Waals surface area contributed by atoms with Crippen LogP contribution in [-0.2, 0) is 11.3 Å². The molecular weight excluding hydrogens is 467 g/mol. The van der Waals surface area contributed by atoms with Crippen molar-refractivity contribution in [2.24, 2.45) is 4.99 Å². The summed E-state index contributed by atoms with van der Waals surface area (Å²) in [6.45, 7) is 8.12. The average Bonchev–Trinajstić information content (AvgIpc) is 2.71. The van der Waals surface area contributed by atoms with Crippen molar-refractivity contribution in [3.05, 3.63) is 29.8 Å². The van der Waals surface area contributed by atoms with Crippen LogP contribution in [0.25, 0.3) is 0 Å². The zero-order valence-corrected chi connectivity index (χ0v) is 19.3. The summed E-state index contributed by atoms with van der Waals surface area (Å²) in [5.74, 6) is 1.13. The third-order valence-electron chi connectivity index (χ3n) is 5.73. The van der Waals surface area contributed by atoms with Crippen molar-refractivity contribution in [2.45, 2.75) is 51.1 Å². The van der Waals surface area contributed by atoms with E-state index in [0.29, 0.717) is 6.54 Å². The number of phenolic OH excluding ortho intramolecular Hbond substituents is 1. The van der Waals surface area contributed by atoms with E-state index in [-0.39, 0.29) is 35.3 Å². The number of nitrogens with one attached hydrogen (secondary N) is 2. The SMILES string of the molecule is CCNC(=NCc1cccc(O)c1)NCC1(N2CCOCC2)CCCCC1.I. The Balaban J connectivity index is 0.00000280. The second kappa shape index (κ2) is 11.8. The maximum Gasteiger partial charge on any atom is 0.191 e. The summed E-state index contributed by atoms with van der Waals surface area (Å²) < 4.78 is 5.58. The van der Waals surface area contributed by atoms with Gasteiger partial charge in [-0.15, -0.1) is 24.0 Å². The van der Waals surface area contributed by atoms with Crippen LogP contribution in [0, 0.1) is 0 Å². The minimum atomic E-state index is 0. The van der Waals surface area contributed by atoms with Crippen LogP contribution in [-0.4, -0.2) is 60.9 Å². The van der Waals surface area contributed by atoms with Crippen molar-refractivity contribution in [3.63, 3.8) is 0 Å². The van der Waals surface area contributed by atoms with Crippen LogP contribution in [0.1, 0.15) is 44.6 Å². The molecule has 0 spiro atoms.